The molecular formula is C16H26N2O2. The van der Waals surface area contributed by atoms with Gasteiger partial charge in [-0.3, -0.25) is 4.79 Å². The fourth-order valence-electron chi connectivity index (χ4n) is 1.67. The molecule has 1 aromatic carbocycles. The number of benzene rings is 1. The second kappa shape index (κ2) is 9.37. The summed E-state index contributed by atoms with van der Waals surface area (Å²) in [7, 11) is 0. The smallest absolute Gasteiger partial charge is 0.238 e. The molecule has 1 unspecified atom stereocenters. The standard InChI is InChI=1S/C16H26N2O2/c1-4-6-10-17-12-16(19)18-14-8-7-9-15(11-14)20-13(3)5-2/h7-9,11,13,17H,4-6,10,12H2,1-3H3,(H,18,19). The molecule has 0 fully saturated rings. The van der Waals surface area contributed by atoms with E-state index in [1.54, 1.807) is 0 Å². The zero-order valence-corrected chi connectivity index (χ0v) is 12.7. The van der Waals surface area contributed by atoms with Crippen molar-refractivity contribution in [1.82, 2.24) is 5.32 Å². The maximum absolute atomic E-state index is 11.8. The van der Waals surface area contributed by atoms with Crippen LogP contribution >= 0.6 is 0 Å². The summed E-state index contributed by atoms with van der Waals surface area (Å²) in [5.74, 6) is 0.762. The van der Waals surface area contributed by atoms with Crippen LogP contribution < -0.4 is 15.4 Å². The number of unbranched alkanes of at least 4 members (excludes halogenated alkanes) is 1. The lowest BCUT2D eigenvalue weighted by Gasteiger charge is -2.13. The number of hydrogen-bond donors (Lipinski definition) is 2. The topological polar surface area (TPSA) is 50.4 Å². The van der Waals surface area contributed by atoms with Gasteiger partial charge >= 0.3 is 0 Å². The second-order valence-electron chi connectivity index (χ2n) is 4.94. The summed E-state index contributed by atoms with van der Waals surface area (Å²) in [5.41, 5.74) is 0.771. The van der Waals surface area contributed by atoms with Gasteiger partial charge in [0.2, 0.25) is 5.91 Å². The molecule has 1 amide bonds. The van der Waals surface area contributed by atoms with Crippen molar-refractivity contribution in [3.63, 3.8) is 0 Å². The number of ether oxygens (including phenoxy) is 1. The Balaban J connectivity index is 2.43. The molecule has 0 aliphatic heterocycles. The molecule has 1 rings (SSSR count). The highest BCUT2D eigenvalue weighted by Crippen LogP contribution is 2.19. The number of amides is 1. The van der Waals surface area contributed by atoms with Crippen molar-refractivity contribution < 1.29 is 9.53 Å². The minimum Gasteiger partial charge on any atom is -0.491 e. The fourth-order valence-corrected chi connectivity index (χ4v) is 1.67. The van der Waals surface area contributed by atoms with E-state index in [9.17, 15) is 4.79 Å². The molecule has 1 aromatic rings. The first-order valence-corrected chi connectivity index (χ1v) is 7.43. The van der Waals surface area contributed by atoms with Crippen molar-refractivity contribution in [2.24, 2.45) is 0 Å². The van der Waals surface area contributed by atoms with Crippen LogP contribution in [0.25, 0.3) is 0 Å². The van der Waals surface area contributed by atoms with Gasteiger partial charge in [0.15, 0.2) is 0 Å². The third kappa shape index (κ3) is 6.57. The first kappa shape index (κ1) is 16.5. The highest BCUT2D eigenvalue weighted by atomic mass is 16.5. The number of anilines is 1. The predicted molar refractivity (Wildman–Crippen MR) is 83.2 cm³/mol. The Morgan fingerprint density at radius 2 is 2.15 bits per heavy atom. The summed E-state index contributed by atoms with van der Waals surface area (Å²) in [5, 5.41) is 5.99. The van der Waals surface area contributed by atoms with Crippen molar-refractivity contribution in [2.75, 3.05) is 18.4 Å². The number of carbonyl (C=O) groups excluding carboxylic acids is 1. The predicted octanol–water partition coefficient (Wildman–Crippen LogP) is 3.19. The van der Waals surface area contributed by atoms with E-state index < -0.39 is 0 Å². The van der Waals surface area contributed by atoms with Crippen LogP contribution in [0, 0.1) is 0 Å². The Morgan fingerprint density at radius 3 is 2.85 bits per heavy atom. The van der Waals surface area contributed by atoms with Crippen LogP contribution in [0.5, 0.6) is 5.75 Å². The van der Waals surface area contributed by atoms with Gasteiger partial charge in [-0.15, -0.1) is 0 Å². The molecular weight excluding hydrogens is 252 g/mol. The summed E-state index contributed by atoms with van der Waals surface area (Å²) in [6.45, 7) is 7.46. The van der Waals surface area contributed by atoms with E-state index in [1.165, 1.54) is 0 Å². The maximum Gasteiger partial charge on any atom is 0.238 e. The largest absolute Gasteiger partial charge is 0.491 e. The lowest BCUT2D eigenvalue weighted by atomic mass is 10.2. The molecule has 0 aromatic heterocycles. The summed E-state index contributed by atoms with van der Waals surface area (Å²) in [4.78, 5) is 11.8. The molecule has 0 aliphatic carbocycles. The van der Waals surface area contributed by atoms with Gasteiger partial charge in [0, 0.05) is 11.8 Å². The number of hydrogen-bond acceptors (Lipinski definition) is 3. The van der Waals surface area contributed by atoms with Gasteiger partial charge in [-0.25, -0.2) is 0 Å². The van der Waals surface area contributed by atoms with Gasteiger partial charge in [0.05, 0.1) is 12.6 Å². The summed E-state index contributed by atoms with van der Waals surface area (Å²) >= 11 is 0. The molecule has 0 heterocycles. The molecule has 0 saturated heterocycles. The number of nitrogens with one attached hydrogen (secondary N) is 2. The molecule has 0 saturated carbocycles. The summed E-state index contributed by atoms with van der Waals surface area (Å²) in [6, 6.07) is 7.52. The van der Waals surface area contributed by atoms with E-state index in [0.29, 0.717) is 6.54 Å². The van der Waals surface area contributed by atoms with E-state index in [0.717, 1.165) is 37.2 Å². The SMILES string of the molecule is CCCCNCC(=O)Nc1cccc(OC(C)CC)c1. The molecule has 112 valence electrons. The monoisotopic (exact) mass is 278 g/mol. The van der Waals surface area contributed by atoms with Gasteiger partial charge in [-0.2, -0.15) is 0 Å². The van der Waals surface area contributed by atoms with Gasteiger partial charge in [0.1, 0.15) is 5.75 Å². The fraction of sp³-hybridized carbons (Fsp3) is 0.562. The Bertz CT molecular complexity index is 407. The van der Waals surface area contributed by atoms with Crippen LogP contribution in [0.15, 0.2) is 24.3 Å². The van der Waals surface area contributed by atoms with E-state index in [2.05, 4.69) is 24.5 Å². The highest BCUT2D eigenvalue weighted by Gasteiger charge is 2.04. The quantitative estimate of drug-likeness (QED) is 0.682. The van der Waals surface area contributed by atoms with Crippen LogP contribution in [0.2, 0.25) is 0 Å². The zero-order chi connectivity index (χ0) is 14.8. The van der Waals surface area contributed by atoms with Crippen molar-refractivity contribution >= 4 is 11.6 Å². The molecule has 20 heavy (non-hydrogen) atoms. The first-order chi connectivity index (χ1) is 9.65. The number of carbonyl (C=O) groups is 1. The minimum atomic E-state index is -0.0261. The van der Waals surface area contributed by atoms with Crippen LogP contribution in [0.1, 0.15) is 40.0 Å². The molecule has 4 heteroatoms. The Labute approximate surface area is 121 Å². The van der Waals surface area contributed by atoms with Crippen molar-refractivity contribution in [3.8, 4) is 5.75 Å². The van der Waals surface area contributed by atoms with Crippen LogP contribution in [0.4, 0.5) is 5.69 Å². The van der Waals surface area contributed by atoms with Gasteiger partial charge in [0.25, 0.3) is 0 Å². The lowest BCUT2D eigenvalue weighted by molar-refractivity contribution is -0.115. The average Bonchev–Trinajstić information content (AvgIpc) is 2.44. The molecule has 0 spiro atoms. The summed E-state index contributed by atoms with van der Waals surface area (Å²) < 4.78 is 5.73. The average molecular weight is 278 g/mol. The second-order valence-corrected chi connectivity index (χ2v) is 4.94. The van der Waals surface area contributed by atoms with E-state index in [4.69, 9.17) is 4.74 Å². The van der Waals surface area contributed by atoms with Crippen molar-refractivity contribution in [3.05, 3.63) is 24.3 Å². The van der Waals surface area contributed by atoms with Crippen LogP contribution in [0.3, 0.4) is 0 Å². The first-order valence-electron chi connectivity index (χ1n) is 7.43. The normalized spacial score (nSPS) is 11.9. The van der Waals surface area contributed by atoms with Gasteiger partial charge in [-0.1, -0.05) is 26.3 Å². The molecule has 0 radical (unpaired) electrons. The van der Waals surface area contributed by atoms with Crippen LogP contribution in [-0.4, -0.2) is 25.1 Å². The van der Waals surface area contributed by atoms with Crippen molar-refractivity contribution in [1.29, 1.82) is 0 Å². The molecule has 0 aliphatic rings. The lowest BCUT2D eigenvalue weighted by Crippen LogP contribution is -2.28. The molecule has 1 atom stereocenters. The molecule has 4 nitrogen and oxygen atoms in total. The van der Waals surface area contributed by atoms with Gasteiger partial charge < -0.3 is 15.4 Å². The Hall–Kier alpha value is -1.55. The maximum atomic E-state index is 11.8. The highest BCUT2D eigenvalue weighted by molar-refractivity contribution is 5.92. The van der Waals surface area contributed by atoms with E-state index in [1.807, 2.05) is 31.2 Å². The third-order valence-corrected chi connectivity index (χ3v) is 3.02. The van der Waals surface area contributed by atoms with Crippen LogP contribution in [-0.2, 0) is 4.79 Å². The van der Waals surface area contributed by atoms with E-state index in [-0.39, 0.29) is 12.0 Å². The number of rotatable bonds is 9. The van der Waals surface area contributed by atoms with E-state index >= 15 is 0 Å². The molecule has 2 N–H and O–H groups in total. The third-order valence-electron chi connectivity index (χ3n) is 3.02. The van der Waals surface area contributed by atoms with Crippen molar-refractivity contribution in [2.45, 2.75) is 46.1 Å². The Morgan fingerprint density at radius 1 is 1.35 bits per heavy atom. The zero-order valence-electron chi connectivity index (χ0n) is 12.7. The summed E-state index contributed by atoms with van der Waals surface area (Å²) in [6.07, 6.45) is 3.35. The Kier molecular flexibility index (Phi) is 7.73. The minimum absolute atomic E-state index is 0.0261. The van der Waals surface area contributed by atoms with Gasteiger partial charge in [-0.05, 0) is 38.4 Å². The molecule has 0 bridgehead atoms.